The number of hydrogen-bond donors (Lipinski definition) is 1. The summed E-state index contributed by atoms with van der Waals surface area (Å²) >= 11 is 0. The average molecular weight is 316 g/mol. The largest absolute Gasteiger partial charge is 0.315 e. The molecule has 5 nitrogen and oxygen atoms in total. The van der Waals surface area contributed by atoms with E-state index in [1.807, 2.05) is 6.07 Å². The third-order valence-corrected chi connectivity index (χ3v) is 5.20. The van der Waals surface area contributed by atoms with Crippen molar-refractivity contribution < 1.29 is 8.42 Å². The Bertz CT molecular complexity index is 603. The molecule has 1 heterocycles. The van der Waals surface area contributed by atoms with Crippen LogP contribution in [-0.2, 0) is 10.0 Å². The van der Waals surface area contributed by atoms with Gasteiger partial charge in [0.05, 0.1) is 5.56 Å². The van der Waals surface area contributed by atoms with Crippen LogP contribution in [0, 0.1) is 18.3 Å². The van der Waals surface area contributed by atoms with E-state index in [0.717, 1.165) is 13.0 Å². The molecule has 1 aromatic rings. The first kappa shape index (κ1) is 16.9. The fourth-order valence-electron chi connectivity index (χ4n) is 2.20. The van der Waals surface area contributed by atoms with Gasteiger partial charge in [0.1, 0.15) is 11.0 Å². The summed E-state index contributed by atoms with van der Waals surface area (Å²) in [5, 5.41) is 12.3. The third-order valence-electron chi connectivity index (χ3n) is 3.26. The van der Waals surface area contributed by atoms with Gasteiger partial charge in [-0.25, -0.2) is 8.42 Å². The molecule has 1 aliphatic heterocycles. The van der Waals surface area contributed by atoms with Gasteiger partial charge in [0, 0.05) is 19.6 Å². The topological polar surface area (TPSA) is 73.2 Å². The predicted octanol–water partition coefficient (Wildman–Crippen LogP) is 1.27. The Morgan fingerprint density at radius 3 is 2.75 bits per heavy atom. The molecule has 0 spiro atoms. The van der Waals surface area contributed by atoms with E-state index in [-0.39, 0.29) is 22.9 Å². The number of nitrogens with one attached hydrogen (secondary N) is 1. The number of halogens is 1. The van der Waals surface area contributed by atoms with Gasteiger partial charge < -0.3 is 5.32 Å². The minimum absolute atomic E-state index is 0. The standard InChI is InChI=1S/C13H17N3O2S.ClH/c1-11-4-2-5-13(12(11)10-14)19(17,18)16-8-3-6-15-7-9-16;/h2,4-5,15H,3,6-9H2,1H3;1H. The van der Waals surface area contributed by atoms with Gasteiger partial charge in [0.2, 0.25) is 10.0 Å². The normalized spacial score (nSPS) is 16.8. The Balaban J connectivity index is 0.00000200. The van der Waals surface area contributed by atoms with E-state index in [1.54, 1.807) is 19.1 Å². The first-order valence-corrected chi connectivity index (χ1v) is 7.72. The number of nitrogens with zero attached hydrogens (tertiary/aromatic N) is 2. The van der Waals surface area contributed by atoms with Crippen LogP contribution in [-0.4, -0.2) is 38.9 Å². The minimum atomic E-state index is -3.58. The number of sulfonamides is 1. The fourth-order valence-corrected chi connectivity index (χ4v) is 3.89. The van der Waals surface area contributed by atoms with E-state index in [4.69, 9.17) is 0 Å². The molecule has 7 heteroatoms. The summed E-state index contributed by atoms with van der Waals surface area (Å²) in [5.74, 6) is 0. The molecule has 0 atom stereocenters. The molecule has 0 radical (unpaired) electrons. The van der Waals surface area contributed by atoms with E-state index in [1.165, 1.54) is 10.4 Å². The molecule has 2 rings (SSSR count). The molecule has 0 saturated carbocycles. The highest BCUT2D eigenvalue weighted by Crippen LogP contribution is 2.22. The molecule has 1 fully saturated rings. The maximum Gasteiger partial charge on any atom is 0.244 e. The fraction of sp³-hybridized carbons (Fsp3) is 0.462. The van der Waals surface area contributed by atoms with Gasteiger partial charge in [-0.3, -0.25) is 0 Å². The van der Waals surface area contributed by atoms with E-state index in [9.17, 15) is 13.7 Å². The smallest absolute Gasteiger partial charge is 0.244 e. The molecule has 0 aromatic heterocycles. The van der Waals surface area contributed by atoms with Crippen LogP contribution in [0.15, 0.2) is 23.1 Å². The van der Waals surface area contributed by atoms with Crippen molar-refractivity contribution in [1.82, 2.24) is 9.62 Å². The molecular formula is C13H18ClN3O2S. The summed E-state index contributed by atoms with van der Waals surface area (Å²) in [5.41, 5.74) is 0.941. The lowest BCUT2D eigenvalue weighted by molar-refractivity contribution is 0.432. The lowest BCUT2D eigenvalue weighted by Gasteiger charge is -2.20. The van der Waals surface area contributed by atoms with Crippen LogP contribution >= 0.6 is 12.4 Å². The molecule has 0 unspecified atom stereocenters. The summed E-state index contributed by atoms with van der Waals surface area (Å²) in [6.07, 6.45) is 0.785. The zero-order chi connectivity index (χ0) is 13.9. The zero-order valence-electron chi connectivity index (χ0n) is 11.3. The highest BCUT2D eigenvalue weighted by molar-refractivity contribution is 7.89. The summed E-state index contributed by atoms with van der Waals surface area (Å²) in [6.45, 7) is 4.16. The number of nitriles is 1. The first-order chi connectivity index (χ1) is 9.07. The average Bonchev–Trinajstić information content (AvgIpc) is 2.67. The highest BCUT2D eigenvalue weighted by Gasteiger charge is 2.27. The Hall–Kier alpha value is -1.13. The van der Waals surface area contributed by atoms with Crippen LogP contribution in [0.1, 0.15) is 17.5 Å². The van der Waals surface area contributed by atoms with Crippen molar-refractivity contribution in [2.45, 2.75) is 18.2 Å². The number of rotatable bonds is 2. The minimum Gasteiger partial charge on any atom is -0.315 e. The maximum absolute atomic E-state index is 12.6. The molecule has 20 heavy (non-hydrogen) atoms. The van der Waals surface area contributed by atoms with Crippen LogP contribution in [0.2, 0.25) is 0 Å². The van der Waals surface area contributed by atoms with Crippen molar-refractivity contribution in [3.05, 3.63) is 29.3 Å². The van der Waals surface area contributed by atoms with Crippen molar-refractivity contribution in [2.75, 3.05) is 26.2 Å². The first-order valence-electron chi connectivity index (χ1n) is 6.28. The SMILES string of the molecule is Cc1cccc(S(=O)(=O)N2CCCNCC2)c1C#N.Cl. The quantitative estimate of drug-likeness (QED) is 0.892. The van der Waals surface area contributed by atoms with Gasteiger partial charge in [-0.1, -0.05) is 12.1 Å². The van der Waals surface area contributed by atoms with Crippen LogP contribution in [0.4, 0.5) is 0 Å². The summed E-state index contributed by atoms with van der Waals surface area (Å²) in [6, 6.07) is 6.95. The van der Waals surface area contributed by atoms with Gasteiger partial charge >= 0.3 is 0 Å². The number of aryl methyl sites for hydroxylation is 1. The molecule has 0 bridgehead atoms. The molecule has 110 valence electrons. The lowest BCUT2D eigenvalue weighted by atomic mass is 10.1. The Morgan fingerprint density at radius 1 is 1.30 bits per heavy atom. The van der Waals surface area contributed by atoms with E-state index < -0.39 is 10.0 Å². The Labute approximate surface area is 126 Å². The predicted molar refractivity (Wildman–Crippen MR) is 79.4 cm³/mol. The van der Waals surface area contributed by atoms with Crippen molar-refractivity contribution in [3.8, 4) is 6.07 Å². The molecule has 1 saturated heterocycles. The van der Waals surface area contributed by atoms with Crippen molar-refractivity contribution in [3.63, 3.8) is 0 Å². The van der Waals surface area contributed by atoms with E-state index >= 15 is 0 Å². The van der Waals surface area contributed by atoms with E-state index in [2.05, 4.69) is 5.32 Å². The van der Waals surface area contributed by atoms with Crippen molar-refractivity contribution in [1.29, 1.82) is 5.26 Å². The second-order valence-corrected chi connectivity index (χ2v) is 6.47. The van der Waals surface area contributed by atoms with Crippen LogP contribution < -0.4 is 5.32 Å². The Kier molecular flexibility index (Phi) is 5.96. The zero-order valence-corrected chi connectivity index (χ0v) is 12.9. The molecule has 1 N–H and O–H groups in total. The Morgan fingerprint density at radius 2 is 2.05 bits per heavy atom. The third kappa shape index (κ3) is 3.30. The van der Waals surface area contributed by atoms with Gasteiger partial charge in [-0.2, -0.15) is 9.57 Å². The van der Waals surface area contributed by atoms with Gasteiger partial charge in [-0.05, 0) is 31.5 Å². The van der Waals surface area contributed by atoms with Crippen LogP contribution in [0.25, 0.3) is 0 Å². The van der Waals surface area contributed by atoms with Gasteiger partial charge in [0.25, 0.3) is 0 Å². The molecule has 0 aliphatic carbocycles. The van der Waals surface area contributed by atoms with Gasteiger partial charge in [-0.15, -0.1) is 12.4 Å². The van der Waals surface area contributed by atoms with Gasteiger partial charge in [0.15, 0.2) is 0 Å². The number of hydrogen-bond acceptors (Lipinski definition) is 4. The molecule has 0 amide bonds. The summed E-state index contributed by atoms with van der Waals surface area (Å²) in [4.78, 5) is 0.122. The van der Waals surface area contributed by atoms with Crippen molar-refractivity contribution in [2.24, 2.45) is 0 Å². The molecular weight excluding hydrogens is 298 g/mol. The van der Waals surface area contributed by atoms with E-state index in [0.29, 0.717) is 25.2 Å². The number of benzene rings is 1. The maximum atomic E-state index is 12.6. The second kappa shape index (κ2) is 7.04. The highest BCUT2D eigenvalue weighted by atomic mass is 35.5. The molecule has 1 aromatic carbocycles. The molecule has 1 aliphatic rings. The second-order valence-electron chi connectivity index (χ2n) is 4.57. The van der Waals surface area contributed by atoms with Crippen LogP contribution in [0.5, 0.6) is 0 Å². The summed E-state index contributed by atoms with van der Waals surface area (Å²) < 4.78 is 26.7. The monoisotopic (exact) mass is 315 g/mol. The van der Waals surface area contributed by atoms with Crippen LogP contribution in [0.3, 0.4) is 0 Å². The lowest BCUT2D eigenvalue weighted by Crippen LogP contribution is -2.34. The summed E-state index contributed by atoms with van der Waals surface area (Å²) in [7, 11) is -3.58. The van der Waals surface area contributed by atoms with Crippen molar-refractivity contribution >= 4 is 22.4 Å².